The number of rotatable bonds is 5. The summed E-state index contributed by atoms with van der Waals surface area (Å²) >= 11 is 3.56. The van der Waals surface area contributed by atoms with Crippen LogP contribution in [0.3, 0.4) is 0 Å². The van der Waals surface area contributed by atoms with E-state index in [2.05, 4.69) is 28.2 Å². The molecule has 1 aliphatic carbocycles. The Bertz CT molecular complexity index is 490. The molecule has 0 spiro atoms. The summed E-state index contributed by atoms with van der Waals surface area (Å²) in [6.07, 6.45) is 6.40. The highest BCUT2D eigenvalue weighted by molar-refractivity contribution is 9.10. The summed E-state index contributed by atoms with van der Waals surface area (Å²) in [5, 5.41) is 3.65. The summed E-state index contributed by atoms with van der Waals surface area (Å²) < 4.78 is 5.95. The molecular formula is C17H24BrNO2. The van der Waals surface area contributed by atoms with Crippen LogP contribution in [-0.4, -0.2) is 18.6 Å². The van der Waals surface area contributed by atoms with E-state index < -0.39 is 0 Å². The average Bonchev–Trinajstić information content (AvgIpc) is 2.50. The van der Waals surface area contributed by atoms with Crippen molar-refractivity contribution in [3.63, 3.8) is 0 Å². The van der Waals surface area contributed by atoms with E-state index in [1.807, 2.05) is 25.1 Å². The predicted octanol–water partition coefficient (Wildman–Crippen LogP) is 5.01. The van der Waals surface area contributed by atoms with Crippen LogP contribution >= 0.6 is 15.9 Å². The molecule has 1 N–H and O–H groups in total. The van der Waals surface area contributed by atoms with Crippen molar-refractivity contribution in [2.24, 2.45) is 5.92 Å². The van der Waals surface area contributed by atoms with Crippen LogP contribution in [0.2, 0.25) is 0 Å². The Balaban J connectivity index is 2.08. The van der Waals surface area contributed by atoms with Crippen LogP contribution in [0.5, 0.6) is 0 Å². The van der Waals surface area contributed by atoms with Crippen molar-refractivity contribution in [2.75, 3.05) is 11.9 Å². The third-order valence-electron chi connectivity index (χ3n) is 4.25. The molecule has 116 valence electrons. The van der Waals surface area contributed by atoms with Gasteiger partial charge in [0.15, 0.2) is 0 Å². The maximum absolute atomic E-state index is 11.7. The molecule has 1 aromatic carbocycles. The zero-order chi connectivity index (χ0) is 15.2. The van der Waals surface area contributed by atoms with Crippen molar-refractivity contribution in [2.45, 2.75) is 52.0 Å². The van der Waals surface area contributed by atoms with Crippen LogP contribution in [-0.2, 0) is 4.74 Å². The highest BCUT2D eigenvalue weighted by atomic mass is 79.9. The fraction of sp³-hybridized carbons (Fsp3) is 0.588. The highest BCUT2D eigenvalue weighted by Crippen LogP contribution is 2.32. The van der Waals surface area contributed by atoms with Gasteiger partial charge in [-0.2, -0.15) is 0 Å². The van der Waals surface area contributed by atoms with Crippen molar-refractivity contribution in [3.8, 4) is 0 Å². The third kappa shape index (κ3) is 4.22. The maximum Gasteiger partial charge on any atom is 0.338 e. The first kappa shape index (κ1) is 16.3. The van der Waals surface area contributed by atoms with Gasteiger partial charge in [-0.05, 0) is 59.8 Å². The number of hydrogen-bond acceptors (Lipinski definition) is 3. The van der Waals surface area contributed by atoms with Crippen LogP contribution in [0.1, 0.15) is 56.3 Å². The van der Waals surface area contributed by atoms with E-state index in [0.29, 0.717) is 18.2 Å². The van der Waals surface area contributed by atoms with E-state index in [1.54, 1.807) is 0 Å². The lowest BCUT2D eigenvalue weighted by molar-refractivity contribution is 0.0526. The van der Waals surface area contributed by atoms with Gasteiger partial charge in [-0.15, -0.1) is 0 Å². The average molecular weight is 354 g/mol. The second kappa shape index (κ2) is 7.83. The first-order valence-corrected chi connectivity index (χ1v) is 8.68. The van der Waals surface area contributed by atoms with Gasteiger partial charge in [0.2, 0.25) is 0 Å². The van der Waals surface area contributed by atoms with Crippen LogP contribution < -0.4 is 5.32 Å². The number of nitrogens with one attached hydrogen (secondary N) is 1. The van der Waals surface area contributed by atoms with Crippen LogP contribution in [0.4, 0.5) is 5.69 Å². The Morgan fingerprint density at radius 2 is 2.10 bits per heavy atom. The monoisotopic (exact) mass is 353 g/mol. The van der Waals surface area contributed by atoms with Gasteiger partial charge in [0.05, 0.1) is 12.2 Å². The molecule has 1 fully saturated rings. The standard InChI is InChI=1S/C17H24BrNO2/c1-3-12-7-5-6-8-15(12)19-16-10-9-13(11-14(16)18)17(20)21-4-2/h9-12,15,19H,3-8H2,1-2H3. The van der Waals surface area contributed by atoms with Crippen molar-refractivity contribution >= 4 is 27.6 Å². The molecule has 2 unspecified atom stereocenters. The van der Waals surface area contributed by atoms with E-state index in [-0.39, 0.29) is 5.97 Å². The lowest BCUT2D eigenvalue weighted by atomic mass is 9.83. The zero-order valence-electron chi connectivity index (χ0n) is 12.8. The summed E-state index contributed by atoms with van der Waals surface area (Å²) in [6, 6.07) is 6.17. The Morgan fingerprint density at radius 3 is 2.76 bits per heavy atom. The molecule has 0 aliphatic heterocycles. The molecule has 2 atom stereocenters. The minimum absolute atomic E-state index is 0.270. The van der Waals surface area contributed by atoms with Crippen LogP contribution in [0, 0.1) is 5.92 Å². The van der Waals surface area contributed by atoms with Gasteiger partial charge < -0.3 is 10.1 Å². The quantitative estimate of drug-likeness (QED) is 0.756. The number of carbonyl (C=O) groups is 1. The molecule has 21 heavy (non-hydrogen) atoms. The minimum Gasteiger partial charge on any atom is -0.462 e. The first-order chi connectivity index (χ1) is 10.2. The van der Waals surface area contributed by atoms with Gasteiger partial charge in [0.25, 0.3) is 0 Å². The maximum atomic E-state index is 11.7. The van der Waals surface area contributed by atoms with Crippen molar-refractivity contribution in [1.29, 1.82) is 0 Å². The Hall–Kier alpha value is -1.03. The SMILES string of the molecule is CCOC(=O)c1ccc(NC2CCCCC2CC)c(Br)c1. The number of benzene rings is 1. The molecule has 0 bridgehead atoms. The fourth-order valence-electron chi connectivity index (χ4n) is 3.06. The topological polar surface area (TPSA) is 38.3 Å². The lowest BCUT2D eigenvalue weighted by Crippen LogP contribution is -2.31. The Labute approximate surface area is 135 Å². The van der Waals surface area contributed by atoms with Crippen molar-refractivity contribution < 1.29 is 9.53 Å². The van der Waals surface area contributed by atoms with Crippen LogP contribution in [0.15, 0.2) is 22.7 Å². The Morgan fingerprint density at radius 1 is 1.33 bits per heavy atom. The molecule has 2 rings (SSSR count). The van der Waals surface area contributed by atoms with E-state index >= 15 is 0 Å². The number of esters is 1. The molecule has 0 aromatic heterocycles. The van der Waals surface area contributed by atoms with Crippen molar-refractivity contribution in [3.05, 3.63) is 28.2 Å². The second-order valence-electron chi connectivity index (χ2n) is 5.62. The van der Waals surface area contributed by atoms with E-state index in [1.165, 1.54) is 32.1 Å². The molecule has 4 heteroatoms. The first-order valence-electron chi connectivity index (χ1n) is 7.88. The lowest BCUT2D eigenvalue weighted by Gasteiger charge is -2.32. The smallest absolute Gasteiger partial charge is 0.338 e. The van der Waals surface area contributed by atoms with Gasteiger partial charge in [-0.1, -0.05) is 26.2 Å². The number of halogens is 1. The molecule has 0 heterocycles. The summed E-state index contributed by atoms with van der Waals surface area (Å²) in [7, 11) is 0. The van der Waals surface area contributed by atoms with Gasteiger partial charge in [0, 0.05) is 16.2 Å². The summed E-state index contributed by atoms with van der Waals surface area (Å²) in [6.45, 7) is 4.48. The molecule has 1 aliphatic rings. The van der Waals surface area contributed by atoms with E-state index in [4.69, 9.17) is 4.74 Å². The van der Waals surface area contributed by atoms with Gasteiger partial charge >= 0.3 is 5.97 Å². The number of ether oxygens (including phenoxy) is 1. The number of hydrogen-bond donors (Lipinski definition) is 1. The molecular weight excluding hydrogens is 330 g/mol. The largest absolute Gasteiger partial charge is 0.462 e. The van der Waals surface area contributed by atoms with E-state index in [9.17, 15) is 4.79 Å². The molecule has 0 saturated heterocycles. The van der Waals surface area contributed by atoms with Gasteiger partial charge in [0.1, 0.15) is 0 Å². The highest BCUT2D eigenvalue weighted by Gasteiger charge is 2.24. The van der Waals surface area contributed by atoms with Crippen molar-refractivity contribution in [1.82, 2.24) is 0 Å². The summed E-state index contributed by atoms with van der Waals surface area (Å²) in [5.41, 5.74) is 1.65. The number of anilines is 1. The van der Waals surface area contributed by atoms with Gasteiger partial charge in [-0.3, -0.25) is 0 Å². The molecule has 1 aromatic rings. The number of carbonyl (C=O) groups excluding carboxylic acids is 1. The zero-order valence-corrected chi connectivity index (χ0v) is 14.4. The normalized spacial score (nSPS) is 21.9. The predicted molar refractivity (Wildman–Crippen MR) is 89.8 cm³/mol. The molecule has 0 radical (unpaired) electrons. The molecule has 3 nitrogen and oxygen atoms in total. The molecule has 0 amide bonds. The second-order valence-corrected chi connectivity index (χ2v) is 6.47. The minimum atomic E-state index is -0.270. The fourth-order valence-corrected chi connectivity index (χ4v) is 3.55. The van der Waals surface area contributed by atoms with Crippen LogP contribution in [0.25, 0.3) is 0 Å². The van der Waals surface area contributed by atoms with E-state index in [0.717, 1.165) is 16.1 Å². The Kier molecular flexibility index (Phi) is 6.09. The summed E-state index contributed by atoms with van der Waals surface area (Å²) in [4.78, 5) is 11.7. The summed E-state index contributed by atoms with van der Waals surface area (Å²) in [5.74, 6) is 0.476. The molecule has 1 saturated carbocycles. The third-order valence-corrected chi connectivity index (χ3v) is 4.91. The van der Waals surface area contributed by atoms with Gasteiger partial charge in [-0.25, -0.2) is 4.79 Å².